The van der Waals surface area contributed by atoms with E-state index in [1.165, 1.54) is 22.8 Å². The SMILES string of the molecule is CCCNCC1(Cc2cccc3ccccc23)CCOC1. The molecule has 2 aromatic carbocycles. The quantitative estimate of drug-likeness (QED) is 0.814. The standard InChI is InChI=1S/C19H25NO/c1-2-11-20-14-19(10-12-21-15-19)13-17-8-5-7-16-6-3-4-9-18(16)17/h3-9,20H,2,10-15H2,1H3. The molecule has 0 aromatic heterocycles. The van der Waals surface area contributed by atoms with Crippen molar-refractivity contribution in [3.63, 3.8) is 0 Å². The average Bonchev–Trinajstić information content (AvgIpc) is 2.97. The van der Waals surface area contributed by atoms with Crippen LogP contribution in [0.1, 0.15) is 25.3 Å². The maximum absolute atomic E-state index is 5.74. The predicted molar refractivity (Wildman–Crippen MR) is 88.7 cm³/mol. The molecular weight excluding hydrogens is 258 g/mol. The molecule has 2 nitrogen and oxygen atoms in total. The Labute approximate surface area is 127 Å². The molecule has 1 saturated heterocycles. The molecule has 3 rings (SSSR count). The Morgan fingerprint density at radius 3 is 2.81 bits per heavy atom. The molecular formula is C19H25NO. The normalized spacial score (nSPS) is 22.0. The molecule has 1 heterocycles. The van der Waals surface area contributed by atoms with Crippen molar-refractivity contribution in [1.29, 1.82) is 0 Å². The van der Waals surface area contributed by atoms with Gasteiger partial charge in [-0.25, -0.2) is 0 Å². The third-order valence-corrected chi connectivity index (χ3v) is 4.56. The minimum absolute atomic E-state index is 0.263. The molecule has 2 heteroatoms. The molecule has 0 bridgehead atoms. The highest BCUT2D eigenvalue weighted by Gasteiger charge is 2.35. The summed E-state index contributed by atoms with van der Waals surface area (Å²) in [5.41, 5.74) is 1.72. The maximum Gasteiger partial charge on any atom is 0.0538 e. The highest BCUT2D eigenvalue weighted by atomic mass is 16.5. The van der Waals surface area contributed by atoms with Gasteiger partial charge in [-0.15, -0.1) is 0 Å². The molecule has 1 unspecified atom stereocenters. The van der Waals surface area contributed by atoms with Crippen molar-refractivity contribution in [3.8, 4) is 0 Å². The Kier molecular flexibility index (Phi) is 4.57. The fraction of sp³-hybridized carbons (Fsp3) is 0.474. The zero-order valence-electron chi connectivity index (χ0n) is 12.9. The third-order valence-electron chi connectivity index (χ3n) is 4.56. The van der Waals surface area contributed by atoms with E-state index in [0.29, 0.717) is 0 Å². The van der Waals surface area contributed by atoms with Crippen LogP contribution in [-0.2, 0) is 11.2 Å². The molecule has 2 aromatic rings. The van der Waals surface area contributed by atoms with Crippen LogP contribution in [0.15, 0.2) is 42.5 Å². The fourth-order valence-corrected chi connectivity index (χ4v) is 3.37. The van der Waals surface area contributed by atoms with Crippen molar-refractivity contribution in [3.05, 3.63) is 48.0 Å². The van der Waals surface area contributed by atoms with Gasteiger partial charge in [-0.3, -0.25) is 0 Å². The van der Waals surface area contributed by atoms with E-state index < -0.39 is 0 Å². The van der Waals surface area contributed by atoms with Gasteiger partial charge in [0.2, 0.25) is 0 Å². The van der Waals surface area contributed by atoms with Crippen molar-refractivity contribution in [2.45, 2.75) is 26.2 Å². The number of hydrogen-bond donors (Lipinski definition) is 1. The predicted octanol–water partition coefficient (Wildman–Crippen LogP) is 3.79. The number of fused-ring (bicyclic) bond motifs is 1. The minimum Gasteiger partial charge on any atom is -0.381 e. The van der Waals surface area contributed by atoms with Crippen LogP contribution in [0.5, 0.6) is 0 Å². The molecule has 21 heavy (non-hydrogen) atoms. The summed E-state index contributed by atoms with van der Waals surface area (Å²) in [5.74, 6) is 0. The lowest BCUT2D eigenvalue weighted by Gasteiger charge is -2.28. The van der Waals surface area contributed by atoms with Crippen LogP contribution in [-0.4, -0.2) is 26.3 Å². The van der Waals surface area contributed by atoms with E-state index in [-0.39, 0.29) is 5.41 Å². The summed E-state index contributed by atoms with van der Waals surface area (Å²) < 4.78 is 5.74. The number of hydrogen-bond acceptors (Lipinski definition) is 2. The Balaban J connectivity index is 1.84. The molecule has 1 N–H and O–H groups in total. The van der Waals surface area contributed by atoms with E-state index in [1.54, 1.807) is 0 Å². The van der Waals surface area contributed by atoms with Gasteiger partial charge >= 0.3 is 0 Å². The van der Waals surface area contributed by atoms with Crippen LogP contribution < -0.4 is 5.32 Å². The molecule has 112 valence electrons. The number of nitrogens with one attached hydrogen (secondary N) is 1. The first-order chi connectivity index (χ1) is 10.3. The van der Waals surface area contributed by atoms with Crippen LogP contribution in [0.2, 0.25) is 0 Å². The van der Waals surface area contributed by atoms with E-state index in [1.807, 2.05) is 0 Å². The fourth-order valence-electron chi connectivity index (χ4n) is 3.37. The number of ether oxygens (including phenoxy) is 1. The molecule has 1 aliphatic heterocycles. The highest BCUT2D eigenvalue weighted by molar-refractivity contribution is 5.85. The van der Waals surface area contributed by atoms with Crippen molar-refractivity contribution in [2.75, 3.05) is 26.3 Å². The summed E-state index contributed by atoms with van der Waals surface area (Å²) in [6.07, 6.45) is 3.45. The second-order valence-corrected chi connectivity index (χ2v) is 6.29. The van der Waals surface area contributed by atoms with Gasteiger partial charge in [0.25, 0.3) is 0 Å². The second-order valence-electron chi connectivity index (χ2n) is 6.29. The van der Waals surface area contributed by atoms with Gasteiger partial charge in [-0.05, 0) is 42.1 Å². The number of benzene rings is 2. The van der Waals surface area contributed by atoms with E-state index in [9.17, 15) is 0 Å². The van der Waals surface area contributed by atoms with Gasteiger partial charge in [0, 0.05) is 18.6 Å². The second kappa shape index (κ2) is 6.59. The molecule has 0 saturated carbocycles. The molecule has 1 atom stereocenters. The Hall–Kier alpha value is -1.38. The van der Waals surface area contributed by atoms with Gasteiger partial charge < -0.3 is 10.1 Å². The van der Waals surface area contributed by atoms with Crippen molar-refractivity contribution < 1.29 is 4.74 Å². The van der Waals surface area contributed by atoms with Gasteiger partial charge in [-0.2, -0.15) is 0 Å². The maximum atomic E-state index is 5.74. The molecule has 0 spiro atoms. The van der Waals surface area contributed by atoms with Gasteiger partial charge in [0.05, 0.1) is 6.61 Å². The van der Waals surface area contributed by atoms with Crippen molar-refractivity contribution in [1.82, 2.24) is 5.32 Å². The highest BCUT2D eigenvalue weighted by Crippen LogP contribution is 2.34. The average molecular weight is 283 g/mol. The summed E-state index contributed by atoms with van der Waals surface area (Å²) in [4.78, 5) is 0. The molecule has 0 radical (unpaired) electrons. The van der Waals surface area contributed by atoms with Gasteiger partial charge in [-0.1, -0.05) is 49.4 Å². The Bertz CT molecular complexity index is 582. The van der Waals surface area contributed by atoms with E-state index in [0.717, 1.165) is 39.1 Å². The first-order valence-electron chi connectivity index (χ1n) is 8.08. The summed E-state index contributed by atoms with van der Waals surface area (Å²) >= 11 is 0. The van der Waals surface area contributed by atoms with Crippen molar-refractivity contribution in [2.24, 2.45) is 5.41 Å². The molecule has 1 fully saturated rings. The first-order valence-corrected chi connectivity index (χ1v) is 8.08. The lowest BCUT2D eigenvalue weighted by molar-refractivity contribution is 0.149. The largest absolute Gasteiger partial charge is 0.381 e. The van der Waals surface area contributed by atoms with Crippen LogP contribution in [0.25, 0.3) is 10.8 Å². The van der Waals surface area contributed by atoms with Crippen molar-refractivity contribution >= 4 is 10.8 Å². The smallest absolute Gasteiger partial charge is 0.0538 e. The Morgan fingerprint density at radius 1 is 1.14 bits per heavy atom. The number of rotatable bonds is 6. The lowest BCUT2D eigenvalue weighted by atomic mass is 9.79. The zero-order valence-corrected chi connectivity index (χ0v) is 12.9. The minimum atomic E-state index is 0.263. The summed E-state index contributed by atoms with van der Waals surface area (Å²) in [6.45, 7) is 6.16. The lowest BCUT2D eigenvalue weighted by Crippen LogP contribution is -2.37. The zero-order chi connectivity index (χ0) is 14.5. The van der Waals surface area contributed by atoms with Crippen LogP contribution in [0.4, 0.5) is 0 Å². The van der Waals surface area contributed by atoms with E-state index >= 15 is 0 Å². The summed E-state index contributed by atoms with van der Waals surface area (Å²) in [6, 6.07) is 15.4. The van der Waals surface area contributed by atoms with Crippen LogP contribution >= 0.6 is 0 Å². The van der Waals surface area contributed by atoms with E-state index in [4.69, 9.17) is 4.74 Å². The molecule has 0 aliphatic carbocycles. The summed E-state index contributed by atoms with van der Waals surface area (Å²) in [7, 11) is 0. The first kappa shape index (κ1) is 14.6. The van der Waals surface area contributed by atoms with E-state index in [2.05, 4.69) is 54.7 Å². The third kappa shape index (κ3) is 3.28. The molecule has 1 aliphatic rings. The van der Waals surface area contributed by atoms with Gasteiger partial charge in [0.15, 0.2) is 0 Å². The molecule has 0 amide bonds. The monoisotopic (exact) mass is 283 g/mol. The topological polar surface area (TPSA) is 21.3 Å². The van der Waals surface area contributed by atoms with Crippen LogP contribution in [0, 0.1) is 5.41 Å². The van der Waals surface area contributed by atoms with Gasteiger partial charge in [0.1, 0.15) is 0 Å². The summed E-state index contributed by atoms with van der Waals surface area (Å²) in [5, 5.41) is 6.34. The van der Waals surface area contributed by atoms with Crippen LogP contribution in [0.3, 0.4) is 0 Å². The Morgan fingerprint density at radius 2 is 2.00 bits per heavy atom.